The second-order valence-electron chi connectivity index (χ2n) is 7.70. The van der Waals surface area contributed by atoms with Gasteiger partial charge in [-0.15, -0.1) is 0 Å². The van der Waals surface area contributed by atoms with Gasteiger partial charge in [0.1, 0.15) is 18.2 Å². The number of rotatable bonds is 7. The maximum Gasteiger partial charge on any atom is 0.131 e. The second kappa shape index (κ2) is 10.3. The number of hydrogen-bond acceptors (Lipinski definition) is 3. The van der Waals surface area contributed by atoms with Crippen molar-refractivity contribution in [2.24, 2.45) is 0 Å². The van der Waals surface area contributed by atoms with Crippen LogP contribution in [0.4, 0.5) is 15.8 Å². The lowest BCUT2D eigenvalue weighted by Gasteiger charge is -2.29. The Bertz CT molecular complexity index is 1020. The van der Waals surface area contributed by atoms with Gasteiger partial charge in [0.2, 0.25) is 0 Å². The third kappa shape index (κ3) is 5.63. The largest absolute Gasteiger partial charge is 0.489 e. The van der Waals surface area contributed by atoms with Gasteiger partial charge >= 0.3 is 0 Å². The van der Waals surface area contributed by atoms with Gasteiger partial charge in [-0.3, -0.25) is 0 Å². The van der Waals surface area contributed by atoms with Crippen LogP contribution in [0.25, 0.3) is 0 Å². The van der Waals surface area contributed by atoms with Gasteiger partial charge in [0.15, 0.2) is 0 Å². The molecule has 4 rings (SSSR count). The molecule has 1 aliphatic heterocycles. The zero-order chi connectivity index (χ0) is 21.6. The molecule has 3 nitrogen and oxygen atoms in total. The van der Waals surface area contributed by atoms with Crippen LogP contribution in [0.2, 0.25) is 10.0 Å². The molecule has 0 radical (unpaired) electrons. The Morgan fingerprint density at radius 1 is 0.903 bits per heavy atom. The van der Waals surface area contributed by atoms with Gasteiger partial charge in [0.25, 0.3) is 0 Å². The van der Waals surface area contributed by atoms with Crippen molar-refractivity contribution in [2.75, 3.05) is 23.3 Å². The van der Waals surface area contributed by atoms with Gasteiger partial charge in [0, 0.05) is 30.9 Å². The van der Waals surface area contributed by atoms with Crippen molar-refractivity contribution in [1.82, 2.24) is 0 Å². The number of anilines is 2. The molecule has 0 atom stereocenters. The van der Waals surface area contributed by atoms with Crippen molar-refractivity contribution < 1.29 is 9.13 Å². The predicted molar refractivity (Wildman–Crippen MR) is 127 cm³/mol. The SMILES string of the molecule is Fc1cccc(Cl)c1COc1cccc(CNc2ccc(N3CCCCC3)c(Cl)c2)c1. The van der Waals surface area contributed by atoms with Crippen LogP contribution >= 0.6 is 23.2 Å². The molecule has 0 spiro atoms. The topological polar surface area (TPSA) is 24.5 Å². The summed E-state index contributed by atoms with van der Waals surface area (Å²) >= 11 is 12.6. The Kier molecular flexibility index (Phi) is 7.21. The third-order valence-corrected chi connectivity index (χ3v) is 6.14. The van der Waals surface area contributed by atoms with Crippen LogP contribution in [0, 0.1) is 5.82 Å². The molecule has 3 aromatic carbocycles. The van der Waals surface area contributed by atoms with Crippen LogP contribution < -0.4 is 15.0 Å². The highest BCUT2D eigenvalue weighted by molar-refractivity contribution is 6.33. The van der Waals surface area contributed by atoms with Crippen molar-refractivity contribution in [2.45, 2.75) is 32.4 Å². The molecule has 1 saturated heterocycles. The molecular weight excluding hydrogens is 434 g/mol. The van der Waals surface area contributed by atoms with Gasteiger partial charge in [-0.2, -0.15) is 0 Å². The summed E-state index contributed by atoms with van der Waals surface area (Å²) in [6.07, 6.45) is 3.74. The zero-order valence-corrected chi connectivity index (χ0v) is 18.7. The molecule has 1 heterocycles. The highest BCUT2D eigenvalue weighted by Gasteiger charge is 2.14. The van der Waals surface area contributed by atoms with E-state index in [2.05, 4.69) is 22.3 Å². The first-order valence-corrected chi connectivity index (χ1v) is 11.3. The van der Waals surface area contributed by atoms with Gasteiger partial charge in [-0.1, -0.05) is 41.4 Å². The van der Waals surface area contributed by atoms with E-state index in [-0.39, 0.29) is 12.4 Å². The average Bonchev–Trinajstić information content (AvgIpc) is 2.78. The van der Waals surface area contributed by atoms with Crippen LogP contribution in [0.3, 0.4) is 0 Å². The number of halogens is 3. The van der Waals surface area contributed by atoms with E-state index in [1.54, 1.807) is 12.1 Å². The molecule has 1 aliphatic rings. The fraction of sp³-hybridized carbons (Fsp3) is 0.280. The summed E-state index contributed by atoms with van der Waals surface area (Å²) in [5.74, 6) is 0.298. The van der Waals surface area contributed by atoms with Crippen LogP contribution in [0.15, 0.2) is 60.7 Å². The Labute approximate surface area is 192 Å². The molecule has 162 valence electrons. The fourth-order valence-electron chi connectivity index (χ4n) is 3.78. The lowest BCUT2D eigenvalue weighted by molar-refractivity contribution is 0.299. The number of ether oxygens (including phenoxy) is 1. The van der Waals surface area contributed by atoms with Crippen LogP contribution in [-0.2, 0) is 13.2 Å². The summed E-state index contributed by atoms with van der Waals surface area (Å²) in [7, 11) is 0. The Hall–Kier alpha value is -2.43. The van der Waals surface area contributed by atoms with E-state index in [9.17, 15) is 4.39 Å². The maximum atomic E-state index is 13.9. The minimum absolute atomic E-state index is 0.0793. The molecule has 0 bridgehead atoms. The highest BCUT2D eigenvalue weighted by Crippen LogP contribution is 2.31. The summed E-state index contributed by atoms with van der Waals surface area (Å²) in [4.78, 5) is 2.36. The molecule has 31 heavy (non-hydrogen) atoms. The standard InChI is InChI=1S/C25H25Cl2FN2O/c26-22-8-5-9-24(28)21(22)17-31-20-7-4-6-18(14-20)16-29-19-10-11-25(23(27)15-19)30-12-2-1-3-13-30/h4-11,14-15,29H,1-3,12-13,16-17H2. The van der Waals surface area contributed by atoms with Crippen molar-refractivity contribution in [3.05, 3.63) is 87.7 Å². The fourth-order valence-corrected chi connectivity index (χ4v) is 4.30. The number of hydrogen-bond donors (Lipinski definition) is 1. The lowest BCUT2D eigenvalue weighted by Crippen LogP contribution is -2.29. The van der Waals surface area contributed by atoms with Gasteiger partial charge in [-0.05, 0) is 67.3 Å². The normalized spacial score (nSPS) is 13.8. The number of nitrogens with one attached hydrogen (secondary N) is 1. The molecule has 0 amide bonds. The zero-order valence-electron chi connectivity index (χ0n) is 17.2. The van der Waals surface area contributed by atoms with E-state index in [4.69, 9.17) is 27.9 Å². The molecule has 3 aromatic rings. The van der Waals surface area contributed by atoms with Gasteiger partial charge in [-0.25, -0.2) is 4.39 Å². The number of nitrogens with zero attached hydrogens (tertiary/aromatic N) is 1. The Morgan fingerprint density at radius 2 is 1.71 bits per heavy atom. The number of piperidine rings is 1. The molecule has 6 heteroatoms. The van der Waals surface area contributed by atoms with E-state index in [0.29, 0.717) is 22.9 Å². The smallest absolute Gasteiger partial charge is 0.131 e. The summed E-state index contributed by atoms with van der Waals surface area (Å²) in [6, 6.07) is 18.5. The summed E-state index contributed by atoms with van der Waals surface area (Å²) in [6.45, 7) is 2.84. The van der Waals surface area contributed by atoms with E-state index < -0.39 is 0 Å². The second-order valence-corrected chi connectivity index (χ2v) is 8.52. The summed E-state index contributed by atoms with van der Waals surface area (Å²) in [5, 5.41) is 4.54. The summed E-state index contributed by atoms with van der Waals surface area (Å²) in [5.41, 5.74) is 3.48. The molecule has 0 unspecified atom stereocenters. The van der Waals surface area contributed by atoms with E-state index >= 15 is 0 Å². The first kappa shape index (κ1) is 21.8. The first-order valence-electron chi connectivity index (χ1n) is 10.5. The molecule has 0 saturated carbocycles. The van der Waals surface area contributed by atoms with Gasteiger partial charge < -0.3 is 15.0 Å². The molecule has 1 fully saturated rings. The molecule has 0 aliphatic carbocycles. The molecular formula is C25H25Cl2FN2O. The van der Waals surface area contributed by atoms with Crippen LogP contribution in [-0.4, -0.2) is 13.1 Å². The molecule has 1 N–H and O–H groups in total. The quantitative estimate of drug-likeness (QED) is 0.401. The highest BCUT2D eigenvalue weighted by atomic mass is 35.5. The van der Waals surface area contributed by atoms with Crippen molar-refractivity contribution in [1.29, 1.82) is 0 Å². The van der Waals surface area contributed by atoms with E-state index in [1.807, 2.05) is 30.3 Å². The molecule has 0 aromatic heterocycles. The average molecular weight is 459 g/mol. The predicted octanol–water partition coefficient (Wildman–Crippen LogP) is 7.31. The van der Waals surface area contributed by atoms with E-state index in [0.717, 1.165) is 35.1 Å². The Balaban J connectivity index is 1.36. The van der Waals surface area contributed by atoms with Crippen molar-refractivity contribution >= 4 is 34.6 Å². The maximum absolute atomic E-state index is 13.9. The minimum Gasteiger partial charge on any atom is -0.489 e. The van der Waals surface area contributed by atoms with Crippen LogP contribution in [0.5, 0.6) is 5.75 Å². The minimum atomic E-state index is -0.366. The summed E-state index contributed by atoms with van der Waals surface area (Å²) < 4.78 is 19.7. The number of benzene rings is 3. The van der Waals surface area contributed by atoms with Crippen molar-refractivity contribution in [3.8, 4) is 5.75 Å². The van der Waals surface area contributed by atoms with E-state index in [1.165, 1.54) is 25.3 Å². The first-order chi connectivity index (χ1) is 15.1. The Morgan fingerprint density at radius 3 is 2.48 bits per heavy atom. The monoisotopic (exact) mass is 458 g/mol. The van der Waals surface area contributed by atoms with Crippen molar-refractivity contribution in [3.63, 3.8) is 0 Å². The third-order valence-electron chi connectivity index (χ3n) is 5.48. The lowest BCUT2D eigenvalue weighted by atomic mass is 10.1. The van der Waals surface area contributed by atoms with Crippen LogP contribution in [0.1, 0.15) is 30.4 Å². The van der Waals surface area contributed by atoms with Gasteiger partial charge in [0.05, 0.1) is 15.7 Å².